The molecule has 54 valence electrons. The molecule has 0 amide bonds. The van der Waals surface area contributed by atoms with Crippen LogP contribution in [-0.4, -0.2) is 34.5 Å². The molecule has 0 bridgehead atoms. The molecule has 1 aliphatic rings. The lowest BCUT2D eigenvalue weighted by Crippen LogP contribution is -2.43. The van der Waals surface area contributed by atoms with Crippen LogP contribution in [0.25, 0.3) is 0 Å². The van der Waals surface area contributed by atoms with Crippen LogP contribution in [-0.2, 0) is 0 Å². The maximum Gasteiger partial charge on any atom is 0.0565 e. The Labute approximate surface area is 54.0 Å². The van der Waals surface area contributed by atoms with Gasteiger partial charge < -0.3 is 10.3 Å². The monoisotopic (exact) mass is 132 g/mol. The van der Waals surface area contributed by atoms with Crippen LogP contribution in [0.15, 0.2) is 0 Å². The highest BCUT2D eigenvalue weighted by atomic mass is 16.5. The molecule has 0 aromatic heterocycles. The van der Waals surface area contributed by atoms with E-state index < -0.39 is 0 Å². The van der Waals surface area contributed by atoms with E-state index in [4.69, 9.17) is 10.3 Å². The van der Waals surface area contributed by atoms with Crippen molar-refractivity contribution in [2.24, 2.45) is 0 Å². The Hall–Kier alpha value is -0.160. The summed E-state index contributed by atoms with van der Waals surface area (Å²) in [6.07, 6.45) is 1.32. The van der Waals surface area contributed by atoms with E-state index in [9.17, 15) is 0 Å². The zero-order valence-electron chi connectivity index (χ0n) is 5.25. The van der Waals surface area contributed by atoms with Gasteiger partial charge in [-0.1, -0.05) is 0 Å². The highest BCUT2D eigenvalue weighted by Gasteiger charge is 2.15. The van der Waals surface area contributed by atoms with E-state index in [-0.39, 0.29) is 6.10 Å². The van der Waals surface area contributed by atoms with Crippen LogP contribution in [0.5, 0.6) is 0 Å². The molecule has 1 saturated heterocycles. The second-order valence-electron chi connectivity index (χ2n) is 2.32. The second-order valence-corrected chi connectivity index (χ2v) is 2.32. The largest absolute Gasteiger partial charge is 0.393 e. The molecule has 0 atom stereocenters. The lowest BCUT2D eigenvalue weighted by molar-refractivity contribution is -0.0521. The molecule has 1 rings (SSSR count). The van der Waals surface area contributed by atoms with E-state index in [2.05, 4.69) is 0 Å². The normalized spacial score (nSPS) is 24.7. The van der Waals surface area contributed by atoms with Crippen LogP contribution in [0.1, 0.15) is 12.8 Å². The van der Waals surface area contributed by atoms with Gasteiger partial charge in [0.2, 0.25) is 0 Å². The minimum absolute atomic E-state index is 0.172. The molecule has 0 aromatic carbocycles. The fourth-order valence-corrected chi connectivity index (χ4v) is 0.966. The number of hydrogen-bond donors (Lipinski definition) is 3. The average Bonchev–Trinajstić information content (AvgIpc) is 1.90. The SMILES string of the molecule is ONN1CCC(O)CC1. The van der Waals surface area contributed by atoms with Crippen molar-refractivity contribution >= 4 is 0 Å². The molecule has 1 heterocycles. The van der Waals surface area contributed by atoms with Crippen LogP contribution in [0.2, 0.25) is 0 Å². The predicted molar refractivity (Wildman–Crippen MR) is 31.7 cm³/mol. The smallest absolute Gasteiger partial charge is 0.0565 e. The van der Waals surface area contributed by atoms with Crippen molar-refractivity contribution in [3.05, 3.63) is 0 Å². The highest BCUT2D eigenvalue weighted by molar-refractivity contribution is 4.66. The highest BCUT2D eigenvalue weighted by Crippen LogP contribution is 2.06. The van der Waals surface area contributed by atoms with E-state index in [0.29, 0.717) is 0 Å². The number of nitrogens with zero attached hydrogens (tertiary/aromatic N) is 1. The third kappa shape index (κ3) is 1.91. The first kappa shape index (κ1) is 6.95. The van der Waals surface area contributed by atoms with Gasteiger partial charge in [0, 0.05) is 13.1 Å². The van der Waals surface area contributed by atoms with E-state index in [1.165, 1.54) is 0 Å². The molecule has 1 fully saturated rings. The van der Waals surface area contributed by atoms with Crippen molar-refractivity contribution in [3.8, 4) is 0 Å². The summed E-state index contributed by atoms with van der Waals surface area (Å²) >= 11 is 0. The number of hydrogen-bond acceptors (Lipinski definition) is 4. The summed E-state index contributed by atoms with van der Waals surface area (Å²) in [6.45, 7) is 1.44. The Morgan fingerprint density at radius 3 is 2.33 bits per heavy atom. The standard InChI is InChI=1S/C5H12N2O2/c8-5-1-3-7(6-9)4-2-5/h5-6,8-9H,1-4H2. The molecule has 9 heavy (non-hydrogen) atoms. The summed E-state index contributed by atoms with van der Waals surface area (Å²) in [7, 11) is 0. The van der Waals surface area contributed by atoms with Gasteiger partial charge in [-0.05, 0) is 12.8 Å². The molecular formula is C5H12N2O2. The third-order valence-electron chi connectivity index (χ3n) is 1.61. The van der Waals surface area contributed by atoms with Gasteiger partial charge in [-0.15, -0.1) is 5.59 Å². The van der Waals surface area contributed by atoms with Gasteiger partial charge in [0.1, 0.15) is 0 Å². The summed E-state index contributed by atoms with van der Waals surface area (Å²) in [4.78, 5) is 0. The Morgan fingerprint density at radius 1 is 1.33 bits per heavy atom. The van der Waals surface area contributed by atoms with Gasteiger partial charge in [0.15, 0.2) is 0 Å². The minimum atomic E-state index is -0.172. The third-order valence-corrected chi connectivity index (χ3v) is 1.61. The number of piperidine rings is 1. The first-order valence-corrected chi connectivity index (χ1v) is 3.15. The lowest BCUT2D eigenvalue weighted by atomic mass is 10.1. The molecule has 4 heteroatoms. The summed E-state index contributed by atoms with van der Waals surface area (Å²) in [6, 6.07) is 0. The van der Waals surface area contributed by atoms with E-state index in [1.54, 1.807) is 5.01 Å². The van der Waals surface area contributed by atoms with Crippen molar-refractivity contribution < 1.29 is 10.3 Å². The minimum Gasteiger partial charge on any atom is -0.393 e. The quantitative estimate of drug-likeness (QED) is 0.414. The molecule has 0 unspecified atom stereocenters. The summed E-state index contributed by atoms with van der Waals surface area (Å²) < 4.78 is 0. The summed E-state index contributed by atoms with van der Waals surface area (Å²) in [5.74, 6) is 0. The molecule has 0 aromatic rings. The van der Waals surface area contributed by atoms with Crippen molar-refractivity contribution in [1.82, 2.24) is 10.6 Å². The number of rotatable bonds is 1. The number of aliphatic hydroxyl groups excluding tert-OH is 1. The Morgan fingerprint density at radius 2 is 1.89 bits per heavy atom. The molecule has 1 aliphatic heterocycles. The van der Waals surface area contributed by atoms with Crippen molar-refractivity contribution in [2.45, 2.75) is 18.9 Å². The zero-order chi connectivity index (χ0) is 6.69. The summed E-state index contributed by atoms with van der Waals surface area (Å²) in [5.41, 5.74) is 2.05. The molecule has 0 radical (unpaired) electrons. The zero-order valence-corrected chi connectivity index (χ0v) is 5.25. The molecule has 0 spiro atoms. The maximum absolute atomic E-state index is 8.99. The fraction of sp³-hybridized carbons (Fsp3) is 1.00. The first-order valence-electron chi connectivity index (χ1n) is 3.15. The fourth-order valence-electron chi connectivity index (χ4n) is 0.966. The average molecular weight is 132 g/mol. The van der Waals surface area contributed by atoms with Crippen LogP contribution >= 0.6 is 0 Å². The van der Waals surface area contributed by atoms with Crippen molar-refractivity contribution in [2.75, 3.05) is 13.1 Å². The maximum atomic E-state index is 8.99. The van der Waals surface area contributed by atoms with Gasteiger partial charge in [-0.2, -0.15) is 0 Å². The van der Waals surface area contributed by atoms with Gasteiger partial charge in [-0.3, -0.25) is 0 Å². The number of nitrogens with one attached hydrogen (secondary N) is 1. The van der Waals surface area contributed by atoms with Crippen LogP contribution in [0.4, 0.5) is 0 Å². The molecule has 0 aliphatic carbocycles. The van der Waals surface area contributed by atoms with Gasteiger partial charge in [0.05, 0.1) is 6.10 Å². The molecule has 0 saturated carbocycles. The van der Waals surface area contributed by atoms with E-state index >= 15 is 0 Å². The summed E-state index contributed by atoms with van der Waals surface area (Å²) in [5, 5.41) is 19.0. The lowest BCUT2D eigenvalue weighted by Gasteiger charge is -2.26. The Kier molecular flexibility index (Phi) is 2.41. The van der Waals surface area contributed by atoms with Gasteiger partial charge in [-0.25, -0.2) is 5.01 Å². The van der Waals surface area contributed by atoms with Crippen LogP contribution in [0.3, 0.4) is 0 Å². The molecular weight excluding hydrogens is 120 g/mol. The van der Waals surface area contributed by atoms with Crippen molar-refractivity contribution in [3.63, 3.8) is 0 Å². The van der Waals surface area contributed by atoms with Gasteiger partial charge >= 0.3 is 0 Å². The molecule has 3 N–H and O–H groups in total. The molecule has 4 nitrogen and oxygen atoms in total. The first-order chi connectivity index (χ1) is 4.33. The second kappa shape index (κ2) is 3.12. The van der Waals surface area contributed by atoms with E-state index in [1.807, 2.05) is 5.59 Å². The van der Waals surface area contributed by atoms with Crippen LogP contribution < -0.4 is 5.59 Å². The van der Waals surface area contributed by atoms with Gasteiger partial charge in [0.25, 0.3) is 0 Å². The Balaban J connectivity index is 2.18. The van der Waals surface area contributed by atoms with Crippen LogP contribution in [0, 0.1) is 0 Å². The van der Waals surface area contributed by atoms with Crippen molar-refractivity contribution in [1.29, 1.82) is 0 Å². The Bertz CT molecular complexity index is 81.0. The number of aliphatic hydroxyl groups is 1. The van der Waals surface area contributed by atoms with E-state index in [0.717, 1.165) is 25.9 Å². The predicted octanol–water partition coefficient (Wildman–Crippen LogP) is -0.663. The topological polar surface area (TPSA) is 55.7 Å². The number of hydrazine groups is 1.